The van der Waals surface area contributed by atoms with Crippen LogP contribution in [0.2, 0.25) is 0 Å². The van der Waals surface area contributed by atoms with Gasteiger partial charge in [-0.05, 0) is 52.9 Å². The monoisotopic (exact) mass is 358 g/mol. The molecule has 1 aromatic carbocycles. The van der Waals surface area contributed by atoms with Crippen LogP contribution in [0.1, 0.15) is 16.1 Å². The molecule has 0 bridgehead atoms. The molecule has 0 aliphatic rings. The van der Waals surface area contributed by atoms with Gasteiger partial charge in [-0.25, -0.2) is 9.82 Å². The Morgan fingerprint density at radius 3 is 2.89 bits per heavy atom. The van der Waals surface area contributed by atoms with Gasteiger partial charge in [0.15, 0.2) is 3.77 Å². The molecule has 18 heavy (non-hydrogen) atoms. The third-order valence-electron chi connectivity index (χ3n) is 2.04. The van der Waals surface area contributed by atoms with Gasteiger partial charge in [0.05, 0.1) is 6.21 Å². The number of furan rings is 1. The highest BCUT2D eigenvalue weighted by Crippen LogP contribution is 2.07. The van der Waals surface area contributed by atoms with E-state index in [1.54, 1.807) is 12.1 Å². The van der Waals surface area contributed by atoms with Gasteiger partial charge in [0.25, 0.3) is 5.91 Å². The number of carbonyl (C=O) groups is 1. The highest BCUT2D eigenvalue weighted by atomic mass is 127. The largest absolute Gasteiger partial charge is 0.449 e. The second-order valence-corrected chi connectivity index (χ2v) is 4.41. The number of amides is 1. The fourth-order valence-corrected chi connectivity index (χ4v) is 1.68. The highest BCUT2D eigenvalue weighted by Gasteiger charge is 2.04. The van der Waals surface area contributed by atoms with Gasteiger partial charge in [0, 0.05) is 5.56 Å². The maximum absolute atomic E-state index is 12.9. The number of nitrogens with zero attached hydrogens (tertiary/aromatic N) is 1. The van der Waals surface area contributed by atoms with E-state index in [9.17, 15) is 9.18 Å². The van der Waals surface area contributed by atoms with Crippen molar-refractivity contribution in [2.24, 2.45) is 5.10 Å². The van der Waals surface area contributed by atoms with Crippen LogP contribution in [0.4, 0.5) is 4.39 Å². The molecule has 1 heterocycles. The van der Waals surface area contributed by atoms with Crippen molar-refractivity contribution in [3.8, 4) is 0 Å². The molecular weight excluding hydrogens is 350 g/mol. The number of benzene rings is 1. The summed E-state index contributed by atoms with van der Waals surface area (Å²) in [5.74, 6) is -0.418. The average Bonchev–Trinajstić information content (AvgIpc) is 2.75. The maximum atomic E-state index is 12.9. The first-order chi connectivity index (χ1) is 8.65. The standard InChI is InChI=1S/C12H8FIN2O2/c13-9-3-1-2-8(6-9)12(17)16-15-7-10-4-5-11(14)18-10/h1-7H,(H,16,17)/b15-7-. The van der Waals surface area contributed by atoms with Crippen molar-refractivity contribution in [3.05, 3.63) is 57.3 Å². The van der Waals surface area contributed by atoms with Crippen molar-refractivity contribution >= 4 is 34.7 Å². The van der Waals surface area contributed by atoms with Crippen LogP contribution in [0.3, 0.4) is 0 Å². The minimum atomic E-state index is -0.480. The van der Waals surface area contributed by atoms with Crippen LogP contribution in [-0.4, -0.2) is 12.1 Å². The van der Waals surface area contributed by atoms with E-state index in [1.165, 1.54) is 24.4 Å². The zero-order valence-electron chi connectivity index (χ0n) is 9.06. The summed E-state index contributed by atoms with van der Waals surface area (Å²) in [5.41, 5.74) is 2.49. The number of hydrogen-bond acceptors (Lipinski definition) is 3. The molecule has 0 fully saturated rings. The summed E-state index contributed by atoms with van der Waals surface area (Å²) < 4.78 is 18.8. The van der Waals surface area contributed by atoms with Crippen molar-refractivity contribution < 1.29 is 13.6 Å². The number of carbonyl (C=O) groups excluding carboxylic acids is 1. The summed E-state index contributed by atoms with van der Waals surface area (Å²) in [5, 5.41) is 3.72. The van der Waals surface area contributed by atoms with E-state index in [0.29, 0.717) is 5.76 Å². The first-order valence-corrected chi connectivity index (χ1v) is 6.07. The van der Waals surface area contributed by atoms with Crippen LogP contribution >= 0.6 is 22.6 Å². The molecule has 92 valence electrons. The second kappa shape index (κ2) is 5.76. The smallest absolute Gasteiger partial charge is 0.271 e. The van der Waals surface area contributed by atoms with E-state index in [0.717, 1.165) is 9.83 Å². The Morgan fingerprint density at radius 2 is 2.22 bits per heavy atom. The van der Waals surface area contributed by atoms with E-state index < -0.39 is 11.7 Å². The van der Waals surface area contributed by atoms with Gasteiger partial charge in [0.1, 0.15) is 11.6 Å². The minimum Gasteiger partial charge on any atom is -0.449 e. The van der Waals surface area contributed by atoms with E-state index in [4.69, 9.17) is 4.42 Å². The third kappa shape index (κ3) is 3.39. The summed E-state index contributed by atoms with van der Waals surface area (Å²) >= 11 is 2.02. The van der Waals surface area contributed by atoms with Crippen molar-refractivity contribution in [1.82, 2.24) is 5.43 Å². The summed E-state index contributed by atoms with van der Waals surface area (Å²) in [4.78, 5) is 11.6. The normalized spacial score (nSPS) is 10.8. The molecule has 1 aromatic heterocycles. The zero-order chi connectivity index (χ0) is 13.0. The molecule has 0 spiro atoms. The lowest BCUT2D eigenvalue weighted by molar-refractivity contribution is 0.0954. The fourth-order valence-electron chi connectivity index (χ4n) is 1.25. The topological polar surface area (TPSA) is 54.6 Å². The van der Waals surface area contributed by atoms with Gasteiger partial charge in [-0.1, -0.05) is 6.07 Å². The van der Waals surface area contributed by atoms with E-state index in [1.807, 2.05) is 22.6 Å². The van der Waals surface area contributed by atoms with Crippen molar-refractivity contribution in [1.29, 1.82) is 0 Å². The summed E-state index contributed by atoms with van der Waals surface area (Å²) in [6.45, 7) is 0. The first kappa shape index (κ1) is 12.7. The Balaban J connectivity index is 1.98. The van der Waals surface area contributed by atoms with Crippen LogP contribution in [-0.2, 0) is 0 Å². The van der Waals surface area contributed by atoms with Gasteiger partial charge in [0.2, 0.25) is 0 Å². The number of hydrogen-bond donors (Lipinski definition) is 1. The van der Waals surface area contributed by atoms with Crippen LogP contribution in [0.25, 0.3) is 0 Å². The van der Waals surface area contributed by atoms with Crippen LogP contribution in [0.15, 0.2) is 45.9 Å². The molecule has 0 saturated heterocycles. The van der Waals surface area contributed by atoms with Crippen molar-refractivity contribution in [3.63, 3.8) is 0 Å². The number of rotatable bonds is 3. The van der Waals surface area contributed by atoms with Crippen LogP contribution in [0.5, 0.6) is 0 Å². The number of halogens is 2. The average molecular weight is 358 g/mol. The molecule has 0 aliphatic carbocycles. The van der Waals surface area contributed by atoms with E-state index >= 15 is 0 Å². The van der Waals surface area contributed by atoms with Gasteiger partial charge < -0.3 is 4.42 Å². The summed E-state index contributed by atoms with van der Waals surface area (Å²) in [6, 6.07) is 8.87. The molecule has 0 unspecified atom stereocenters. The van der Waals surface area contributed by atoms with E-state index in [2.05, 4.69) is 10.5 Å². The zero-order valence-corrected chi connectivity index (χ0v) is 11.2. The van der Waals surface area contributed by atoms with E-state index in [-0.39, 0.29) is 5.56 Å². The Kier molecular flexibility index (Phi) is 4.08. The van der Waals surface area contributed by atoms with Crippen LogP contribution < -0.4 is 5.43 Å². The Labute approximate surface area is 116 Å². The molecule has 1 amide bonds. The van der Waals surface area contributed by atoms with Crippen LogP contribution in [0, 0.1) is 9.58 Å². The molecule has 0 radical (unpaired) electrons. The van der Waals surface area contributed by atoms with Crippen molar-refractivity contribution in [2.75, 3.05) is 0 Å². The lowest BCUT2D eigenvalue weighted by atomic mass is 10.2. The second-order valence-electron chi connectivity index (χ2n) is 3.35. The van der Waals surface area contributed by atoms with Crippen molar-refractivity contribution in [2.45, 2.75) is 0 Å². The summed E-state index contributed by atoms with van der Waals surface area (Å²) in [6.07, 6.45) is 1.37. The maximum Gasteiger partial charge on any atom is 0.271 e. The fraction of sp³-hybridized carbons (Fsp3) is 0. The highest BCUT2D eigenvalue weighted by molar-refractivity contribution is 14.1. The summed E-state index contributed by atoms with van der Waals surface area (Å²) in [7, 11) is 0. The quantitative estimate of drug-likeness (QED) is 0.521. The molecule has 2 rings (SSSR count). The third-order valence-corrected chi connectivity index (χ3v) is 2.62. The molecule has 4 nitrogen and oxygen atoms in total. The number of hydrazone groups is 1. The Morgan fingerprint density at radius 1 is 1.39 bits per heavy atom. The molecular formula is C12H8FIN2O2. The lowest BCUT2D eigenvalue weighted by Gasteiger charge is -1.98. The van der Waals surface area contributed by atoms with Gasteiger partial charge in [-0.2, -0.15) is 5.10 Å². The molecule has 0 saturated carbocycles. The minimum absolute atomic E-state index is 0.209. The Hall–Kier alpha value is -1.70. The molecule has 6 heteroatoms. The first-order valence-electron chi connectivity index (χ1n) is 4.99. The molecule has 0 atom stereocenters. The SMILES string of the molecule is O=C(N/N=C\c1ccc(I)o1)c1cccc(F)c1. The number of nitrogens with one attached hydrogen (secondary N) is 1. The molecule has 0 aliphatic heterocycles. The lowest BCUT2D eigenvalue weighted by Crippen LogP contribution is -2.17. The van der Waals surface area contributed by atoms with Gasteiger partial charge in [-0.15, -0.1) is 0 Å². The molecule has 1 N–H and O–H groups in total. The predicted octanol–water partition coefficient (Wildman–Crippen LogP) is 2.79. The predicted molar refractivity (Wildman–Crippen MR) is 72.9 cm³/mol. The Bertz CT molecular complexity index is 595. The van der Waals surface area contributed by atoms with Gasteiger partial charge in [-0.3, -0.25) is 4.79 Å². The molecule has 2 aromatic rings. The van der Waals surface area contributed by atoms with Gasteiger partial charge >= 0.3 is 0 Å².